The van der Waals surface area contributed by atoms with Crippen molar-refractivity contribution >= 4 is 27.5 Å². The van der Waals surface area contributed by atoms with Gasteiger partial charge in [-0.15, -0.1) is 0 Å². The molecule has 0 saturated carbocycles. The number of nitrogens with zero attached hydrogens (tertiary/aromatic N) is 2. The smallest absolute Gasteiger partial charge is 0.264 e. The molecule has 0 aliphatic rings. The van der Waals surface area contributed by atoms with Gasteiger partial charge in [0, 0.05) is 24.6 Å². The molecule has 0 spiro atoms. The normalized spacial score (nSPS) is 12.1. The van der Waals surface area contributed by atoms with Gasteiger partial charge in [0.15, 0.2) is 0 Å². The number of nitrogens with one attached hydrogen (secondary N) is 1. The Hall–Kier alpha value is -4.83. The first-order valence-electron chi connectivity index (χ1n) is 15.3. The van der Waals surface area contributed by atoms with Crippen molar-refractivity contribution in [3.05, 3.63) is 120 Å². The number of rotatable bonds is 13. The molecule has 0 radical (unpaired) electrons. The second-order valence-corrected chi connectivity index (χ2v) is 14.2. The van der Waals surface area contributed by atoms with E-state index >= 15 is 0 Å². The van der Waals surface area contributed by atoms with E-state index in [9.17, 15) is 18.0 Å². The highest BCUT2D eigenvalue weighted by Gasteiger charge is 2.36. The summed E-state index contributed by atoms with van der Waals surface area (Å²) in [6.45, 7) is 7.05. The third-order valence-corrected chi connectivity index (χ3v) is 9.28. The number of anilines is 1. The molecule has 0 unspecified atom stereocenters. The van der Waals surface area contributed by atoms with Crippen LogP contribution < -0.4 is 19.1 Å². The SMILES string of the molecule is COc1ccc(OC)c(N(CC(=O)N(Cc2ccc(C)cc2)[C@H](Cc2ccccc2)C(=O)NC(C)(C)C)S(=O)(=O)c2ccccc2)c1. The first-order chi connectivity index (χ1) is 22.3. The average Bonchev–Trinajstić information content (AvgIpc) is 3.05. The van der Waals surface area contributed by atoms with E-state index in [-0.39, 0.29) is 35.2 Å². The number of amides is 2. The van der Waals surface area contributed by atoms with E-state index in [1.54, 1.807) is 30.3 Å². The number of hydrogen-bond donors (Lipinski definition) is 1. The van der Waals surface area contributed by atoms with Crippen LogP contribution in [0, 0.1) is 6.92 Å². The number of ether oxygens (including phenoxy) is 2. The lowest BCUT2D eigenvalue weighted by atomic mass is 10.0. The van der Waals surface area contributed by atoms with Crippen LogP contribution in [0.1, 0.15) is 37.5 Å². The Labute approximate surface area is 278 Å². The van der Waals surface area contributed by atoms with Gasteiger partial charge in [-0.1, -0.05) is 78.4 Å². The number of benzene rings is 4. The number of carbonyl (C=O) groups excluding carboxylic acids is 2. The van der Waals surface area contributed by atoms with E-state index in [1.807, 2.05) is 82.3 Å². The molecule has 4 aromatic carbocycles. The highest BCUT2D eigenvalue weighted by atomic mass is 32.2. The van der Waals surface area contributed by atoms with Crippen LogP contribution in [0.3, 0.4) is 0 Å². The molecular formula is C37H43N3O6S. The second-order valence-electron chi connectivity index (χ2n) is 12.3. The van der Waals surface area contributed by atoms with Gasteiger partial charge in [-0.2, -0.15) is 0 Å². The third-order valence-electron chi connectivity index (χ3n) is 7.51. The lowest BCUT2D eigenvalue weighted by Gasteiger charge is -2.35. The van der Waals surface area contributed by atoms with Crippen LogP contribution in [0.2, 0.25) is 0 Å². The zero-order valence-corrected chi connectivity index (χ0v) is 28.6. The molecule has 0 heterocycles. The van der Waals surface area contributed by atoms with Crippen molar-refractivity contribution in [2.45, 2.75) is 57.1 Å². The van der Waals surface area contributed by atoms with Gasteiger partial charge >= 0.3 is 0 Å². The Bertz CT molecular complexity index is 1760. The van der Waals surface area contributed by atoms with Crippen molar-refractivity contribution < 1.29 is 27.5 Å². The minimum absolute atomic E-state index is 0.00549. The van der Waals surface area contributed by atoms with Gasteiger partial charge in [-0.25, -0.2) is 8.42 Å². The molecular weight excluding hydrogens is 614 g/mol. The van der Waals surface area contributed by atoms with Crippen molar-refractivity contribution in [3.8, 4) is 11.5 Å². The van der Waals surface area contributed by atoms with Gasteiger partial charge in [0.25, 0.3) is 10.0 Å². The van der Waals surface area contributed by atoms with Crippen molar-refractivity contribution in [2.75, 3.05) is 25.1 Å². The van der Waals surface area contributed by atoms with Crippen LogP contribution in [-0.4, -0.2) is 57.5 Å². The second kappa shape index (κ2) is 15.2. The topological polar surface area (TPSA) is 105 Å². The van der Waals surface area contributed by atoms with Gasteiger partial charge in [0.05, 0.1) is 24.8 Å². The van der Waals surface area contributed by atoms with Crippen LogP contribution in [-0.2, 0) is 32.6 Å². The Balaban J connectivity index is 1.87. The molecule has 0 aromatic heterocycles. The van der Waals surface area contributed by atoms with E-state index in [4.69, 9.17) is 9.47 Å². The summed E-state index contributed by atoms with van der Waals surface area (Å²) in [7, 11) is -1.40. The van der Waals surface area contributed by atoms with Gasteiger partial charge in [0.1, 0.15) is 24.1 Å². The van der Waals surface area contributed by atoms with Crippen LogP contribution >= 0.6 is 0 Å². The molecule has 0 aliphatic heterocycles. The number of sulfonamides is 1. The maximum atomic E-state index is 14.7. The largest absolute Gasteiger partial charge is 0.497 e. The van der Waals surface area contributed by atoms with Crippen molar-refractivity contribution in [2.24, 2.45) is 0 Å². The fourth-order valence-corrected chi connectivity index (χ4v) is 6.56. The van der Waals surface area contributed by atoms with Crippen LogP contribution in [0.4, 0.5) is 5.69 Å². The molecule has 0 saturated heterocycles. The summed E-state index contributed by atoms with van der Waals surface area (Å²) in [5.41, 5.74) is 2.23. The summed E-state index contributed by atoms with van der Waals surface area (Å²) in [6, 6.07) is 28.8. The molecule has 1 N–H and O–H groups in total. The minimum Gasteiger partial charge on any atom is -0.497 e. The van der Waals surface area contributed by atoms with Crippen LogP contribution in [0.5, 0.6) is 11.5 Å². The molecule has 0 bridgehead atoms. The number of aryl methyl sites for hydroxylation is 1. The molecule has 0 aliphatic carbocycles. The number of hydrogen-bond acceptors (Lipinski definition) is 6. The summed E-state index contributed by atoms with van der Waals surface area (Å²) in [6.07, 6.45) is 0.217. The van der Waals surface area contributed by atoms with Crippen LogP contribution in [0.15, 0.2) is 108 Å². The van der Waals surface area contributed by atoms with E-state index in [2.05, 4.69) is 5.32 Å². The number of carbonyl (C=O) groups is 2. The van der Waals surface area contributed by atoms with Crippen molar-refractivity contribution in [3.63, 3.8) is 0 Å². The van der Waals surface area contributed by atoms with Gasteiger partial charge in [-0.3, -0.25) is 13.9 Å². The lowest BCUT2D eigenvalue weighted by molar-refractivity contribution is -0.140. The van der Waals surface area contributed by atoms with Crippen LogP contribution in [0.25, 0.3) is 0 Å². The molecule has 2 amide bonds. The van der Waals surface area contributed by atoms with Crippen molar-refractivity contribution in [1.29, 1.82) is 0 Å². The quantitative estimate of drug-likeness (QED) is 0.196. The van der Waals surface area contributed by atoms with Crippen molar-refractivity contribution in [1.82, 2.24) is 10.2 Å². The fraction of sp³-hybridized carbons (Fsp3) is 0.297. The maximum Gasteiger partial charge on any atom is 0.264 e. The maximum absolute atomic E-state index is 14.7. The molecule has 47 heavy (non-hydrogen) atoms. The predicted molar refractivity (Wildman–Crippen MR) is 184 cm³/mol. The summed E-state index contributed by atoms with van der Waals surface area (Å²) < 4.78 is 40.7. The Morgan fingerprint density at radius 3 is 2.00 bits per heavy atom. The first-order valence-corrected chi connectivity index (χ1v) is 16.8. The first kappa shape index (κ1) is 35.0. The third kappa shape index (κ3) is 9.13. The minimum atomic E-state index is -4.30. The summed E-state index contributed by atoms with van der Waals surface area (Å²) >= 11 is 0. The molecule has 1 atom stereocenters. The Morgan fingerprint density at radius 1 is 0.809 bits per heavy atom. The standard InChI is InChI=1S/C37H43N3O6S/c1-27-17-19-29(20-18-27)25-39(33(36(42)38-37(2,3)4)23-28-13-9-7-10-14-28)35(41)26-40(47(43,44)31-15-11-8-12-16-31)32-24-30(45-5)21-22-34(32)46-6/h7-22,24,33H,23,25-26H2,1-6H3,(H,38,42)/t33-/m1/s1. The van der Waals surface area contributed by atoms with E-state index in [0.717, 1.165) is 21.0 Å². The zero-order valence-electron chi connectivity index (χ0n) is 27.8. The van der Waals surface area contributed by atoms with Gasteiger partial charge in [0.2, 0.25) is 11.8 Å². The van der Waals surface area contributed by atoms with E-state index < -0.39 is 34.1 Å². The van der Waals surface area contributed by atoms with E-state index in [0.29, 0.717) is 5.75 Å². The highest BCUT2D eigenvalue weighted by Crippen LogP contribution is 2.36. The molecule has 10 heteroatoms. The van der Waals surface area contributed by atoms with Gasteiger partial charge in [-0.05, 0) is 63.1 Å². The molecule has 248 valence electrons. The fourth-order valence-electron chi connectivity index (χ4n) is 5.12. The number of methoxy groups -OCH3 is 2. The molecule has 4 aromatic rings. The highest BCUT2D eigenvalue weighted by molar-refractivity contribution is 7.92. The average molecular weight is 658 g/mol. The molecule has 9 nitrogen and oxygen atoms in total. The van der Waals surface area contributed by atoms with E-state index in [1.165, 1.54) is 37.3 Å². The summed E-state index contributed by atoms with van der Waals surface area (Å²) in [5.74, 6) is -0.308. The zero-order chi connectivity index (χ0) is 34.2. The Kier molecular flexibility index (Phi) is 11.3. The molecule has 4 rings (SSSR count). The monoisotopic (exact) mass is 657 g/mol. The molecule has 0 fully saturated rings. The summed E-state index contributed by atoms with van der Waals surface area (Å²) in [5, 5.41) is 3.04. The Morgan fingerprint density at radius 2 is 1.43 bits per heavy atom. The lowest BCUT2D eigenvalue weighted by Crippen LogP contribution is -2.56. The van der Waals surface area contributed by atoms with Gasteiger partial charge < -0.3 is 19.7 Å². The predicted octanol–water partition coefficient (Wildman–Crippen LogP) is 5.76. The summed E-state index contributed by atoms with van der Waals surface area (Å²) in [4.78, 5) is 30.2.